The molecule has 0 aliphatic heterocycles. The van der Waals surface area contributed by atoms with E-state index in [4.69, 9.17) is 5.11 Å². The summed E-state index contributed by atoms with van der Waals surface area (Å²) in [6.45, 7) is 5.97. The van der Waals surface area contributed by atoms with Crippen LogP contribution in [0, 0.1) is 11.8 Å². The Morgan fingerprint density at radius 1 is 1.82 bits per heavy atom. The van der Waals surface area contributed by atoms with Crippen molar-refractivity contribution in [1.82, 2.24) is 0 Å². The van der Waals surface area contributed by atoms with Crippen molar-refractivity contribution >= 4 is 5.97 Å². The number of carboxylic acid groups (broad SMARTS) is 1. The van der Waals surface area contributed by atoms with Gasteiger partial charge in [-0.25, -0.2) is 0 Å². The van der Waals surface area contributed by atoms with E-state index in [-0.39, 0.29) is 0 Å². The maximum atomic E-state index is 10.4. The van der Waals surface area contributed by atoms with Gasteiger partial charge in [-0.1, -0.05) is 19.1 Å². The van der Waals surface area contributed by atoms with Crippen LogP contribution in [0.4, 0.5) is 0 Å². The van der Waals surface area contributed by atoms with Gasteiger partial charge in [0.2, 0.25) is 0 Å². The van der Waals surface area contributed by atoms with Crippen molar-refractivity contribution in [3.05, 3.63) is 12.2 Å². The Labute approximate surface area is 66.9 Å². The molecule has 0 aromatic rings. The first-order valence-corrected chi connectivity index (χ1v) is 4.00. The second kappa shape index (κ2) is 3.07. The molecular weight excluding hydrogens is 140 g/mol. The zero-order valence-corrected chi connectivity index (χ0v) is 6.84. The van der Waals surface area contributed by atoms with Crippen LogP contribution in [0.25, 0.3) is 0 Å². The molecule has 0 amide bonds. The summed E-state index contributed by atoms with van der Waals surface area (Å²) < 4.78 is 0. The van der Waals surface area contributed by atoms with Gasteiger partial charge in [0.05, 0.1) is 0 Å². The molecule has 0 bridgehead atoms. The van der Waals surface area contributed by atoms with E-state index in [1.807, 2.05) is 0 Å². The lowest BCUT2D eigenvalue weighted by atomic mass is 9.93. The molecule has 62 valence electrons. The molecule has 1 N–H and O–H groups in total. The highest BCUT2D eigenvalue weighted by Crippen LogP contribution is 2.36. The molecule has 2 unspecified atom stereocenters. The standard InChI is InChI=1S/C9H14O2/c1-6-3-4-8(7(6)2)5-9(10)11/h7-8H,1,3-5H2,2H3,(H,10,11). The Hall–Kier alpha value is -0.790. The molecule has 1 fully saturated rings. The number of aliphatic carboxylic acids is 1. The maximum absolute atomic E-state index is 10.4. The lowest BCUT2D eigenvalue weighted by molar-refractivity contribution is -0.138. The van der Waals surface area contributed by atoms with E-state index in [0.717, 1.165) is 12.8 Å². The van der Waals surface area contributed by atoms with Crippen molar-refractivity contribution in [3.8, 4) is 0 Å². The van der Waals surface area contributed by atoms with Crippen LogP contribution in [0.3, 0.4) is 0 Å². The zero-order valence-electron chi connectivity index (χ0n) is 6.84. The van der Waals surface area contributed by atoms with Gasteiger partial charge in [-0.2, -0.15) is 0 Å². The van der Waals surface area contributed by atoms with E-state index in [0.29, 0.717) is 18.3 Å². The quantitative estimate of drug-likeness (QED) is 0.618. The monoisotopic (exact) mass is 154 g/mol. The SMILES string of the molecule is C=C1CCC(CC(=O)O)C1C. The first-order valence-electron chi connectivity index (χ1n) is 4.00. The highest BCUT2D eigenvalue weighted by atomic mass is 16.4. The minimum Gasteiger partial charge on any atom is -0.481 e. The Morgan fingerprint density at radius 2 is 2.45 bits per heavy atom. The van der Waals surface area contributed by atoms with Crippen molar-refractivity contribution in [2.45, 2.75) is 26.2 Å². The molecule has 0 radical (unpaired) electrons. The van der Waals surface area contributed by atoms with Crippen molar-refractivity contribution in [2.24, 2.45) is 11.8 Å². The normalized spacial score (nSPS) is 30.8. The molecule has 2 atom stereocenters. The van der Waals surface area contributed by atoms with E-state index in [1.165, 1.54) is 5.57 Å². The third kappa shape index (κ3) is 1.82. The van der Waals surface area contributed by atoms with Gasteiger partial charge in [-0.3, -0.25) is 4.79 Å². The molecule has 2 heteroatoms. The number of hydrogen-bond donors (Lipinski definition) is 1. The molecule has 0 spiro atoms. The molecule has 0 aromatic heterocycles. The number of carboxylic acids is 1. The minimum atomic E-state index is -0.684. The molecule has 0 aromatic carbocycles. The summed E-state index contributed by atoms with van der Waals surface area (Å²) in [5.41, 5.74) is 1.22. The van der Waals surface area contributed by atoms with Gasteiger partial charge in [0.1, 0.15) is 0 Å². The van der Waals surface area contributed by atoms with Crippen LogP contribution in [0.2, 0.25) is 0 Å². The average Bonchev–Trinajstić information content (AvgIpc) is 2.18. The second-order valence-electron chi connectivity index (χ2n) is 3.34. The molecule has 0 saturated heterocycles. The van der Waals surface area contributed by atoms with Crippen LogP contribution in [-0.2, 0) is 4.79 Å². The van der Waals surface area contributed by atoms with Gasteiger partial charge in [0.15, 0.2) is 0 Å². The lowest BCUT2D eigenvalue weighted by Crippen LogP contribution is -2.10. The van der Waals surface area contributed by atoms with Gasteiger partial charge in [-0.05, 0) is 24.7 Å². The second-order valence-corrected chi connectivity index (χ2v) is 3.34. The summed E-state index contributed by atoms with van der Waals surface area (Å²) in [4.78, 5) is 10.4. The summed E-state index contributed by atoms with van der Waals surface area (Å²) in [5.74, 6) is 0.0580. The first-order chi connectivity index (χ1) is 5.11. The summed E-state index contributed by atoms with van der Waals surface area (Å²) in [7, 11) is 0. The zero-order chi connectivity index (χ0) is 8.43. The van der Waals surface area contributed by atoms with Crippen molar-refractivity contribution in [1.29, 1.82) is 0 Å². The fraction of sp³-hybridized carbons (Fsp3) is 0.667. The van der Waals surface area contributed by atoms with Crippen LogP contribution in [0.15, 0.2) is 12.2 Å². The predicted molar refractivity (Wildman–Crippen MR) is 43.3 cm³/mol. The van der Waals surface area contributed by atoms with Gasteiger partial charge in [-0.15, -0.1) is 0 Å². The van der Waals surface area contributed by atoms with Crippen molar-refractivity contribution < 1.29 is 9.90 Å². The van der Waals surface area contributed by atoms with E-state index >= 15 is 0 Å². The van der Waals surface area contributed by atoms with Crippen LogP contribution < -0.4 is 0 Å². The third-order valence-electron chi connectivity index (χ3n) is 2.62. The number of allylic oxidation sites excluding steroid dienone is 1. The van der Waals surface area contributed by atoms with Crippen molar-refractivity contribution in [3.63, 3.8) is 0 Å². The van der Waals surface area contributed by atoms with Crippen LogP contribution >= 0.6 is 0 Å². The Bertz CT molecular complexity index is 184. The van der Waals surface area contributed by atoms with E-state index in [2.05, 4.69) is 13.5 Å². The number of carbonyl (C=O) groups is 1. The Morgan fingerprint density at radius 3 is 2.82 bits per heavy atom. The van der Waals surface area contributed by atoms with Gasteiger partial charge in [0, 0.05) is 6.42 Å². The molecule has 11 heavy (non-hydrogen) atoms. The molecule has 2 nitrogen and oxygen atoms in total. The summed E-state index contributed by atoms with van der Waals surface area (Å²) in [6.07, 6.45) is 2.33. The summed E-state index contributed by atoms with van der Waals surface area (Å²) in [6, 6.07) is 0. The molecule has 1 saturated carbocycles. The van der Waals surface area contributed by atoms with Gasteiger partial charge in [0.25, 0.3) is 0 Å². The maximum Gasteiger partial charge on any atom is 0.303 e. The van der Waals surface area contributed by atoms with E-state index < -0.39 is 5.97 Å². The fourth-order valence-corrected chi connectivity index (χ4v) is 1.68. The molecule has 1 aliphatic carbocycles. The minimum absolute atomic E-state index is 0.306. The largest absolute Gasteiger partial charge is 0.481 e. The highest BCUT2D eigenvalue weighted by molar-refractivity contribution is 5.67. The summed E-state index contributed by atoms with van der Waals surface area (Å²) >= 11 is 0. The van der Waals surface area contributed by atoms with Gasteiger partial charge >= 0.3 is 5.97 Å². The van der Waals surface area contributed by atoms with Crippen LogP contribution in [0.5, 0.6) is 0 Å². The summed E-state index contributed by atoms with van der Waals surface area (Å²) in [5, 5.41) is 8.55. The van der Waals surface area contributed by atoms with Gasteiger partial charge < -0.3 is 5.11 Å². The predicted octanol–water partition coefficient (Wildman–Crippen LogP) is 2.06. The Balaban J connectivity index is 2.48. The molecule has 0 heterocycles. The lowest BCUT2D eigenvalue weighted by Gasteiger charge is -2.12. The average molecular weight is 154 g/mol. The Kier molecular flexibility index (Phi) is 2.32. The highest BCUT2D eigenvalue weighted by Gasteiger charge is 2.27. The smallest absolute Gasteiger partial charge is 0.303 e. The molecular formula is C9H14O2. The van der Waals surface area contributed by atoms with Crippen LogP contribution in [0.1, 0.15) is 26.2 Å². The number of hydrogen-bond acceptors (Lipinski definition) is 1. The van der Waals surface area contributed by atoms with E-state index in [9.17, 15) is 4.79 Å². The first kappa shape index (κ1) is 8.31. The molecule has 1 rings (SSSR count). The van der Waals surface area contributed by atoms with E-state index in [1.54, 1.807) is 0 Å². The topological polar surface area (TPSA) is 37.3 Å². The number of rotatable bonds is 2. The van der Waals surface area contributed by atoms with Crippen LogP contribution in [-0.4, -0.2) is 11.1 Å². The third-order valence-corrected chi connectivity index (χ3v) is 2.62. The fourth-order valence-electron chi connectivity index (χ4n) is 1.68. The molecule has 1 aliphatic rings. The van der Waals surface area contributed by atoms with Crippen molar-refractivity contribution in [2.75, 3.05) is 0 Å².